The number of carbonyl (C=O) groups is 2. The first-order valence-electron chi connectivity index (χ1n) is 9.47. The van der Waals surface area contributed by atoms with E-state index in [4.69, 9.17) is 12.2 Å². The van der Waals surface area contributed by atoms with E-state index in [2.05, 4.69) is 29.8 Å². The summed E-state index contributed by atoms with van der Waals surface area (Å²) in [5.74, 6) is 0.345. The second-order valence-electron chi connectivity index (χ2n) is 7.48. The zero-order valence-electron chi connectivity index (χ0n) is 16.3. The minimum absolute atomic E-state index is 0.0565. The predicted octanol–water partition coefficient (Wildman–Crippen LogP) is 4.59. The van der Waals surface area contributed by atoms with E-state index < -0.39 is 0 Å². The Balaban J connectivity index is 1.60. The summed E-state index contributed by atoms with van der Waals surface area (Å²) in [6.45, 7) is 6.15. The third kappa shape index (κ3) is 5.16. The molecule has 2 aromatic rings. The molecule has 0 atom stereocenters. The lowest BCUT2D eigenvalue weighted by Crippen LogP contribution is -2.34. The fraction of sp³-hybridized carbons (Fsp3) is 0.318. The third-order valence-electron chi connectivity index (χ3n) is 4.77. The van der Waals surface area contributed by atoms with Crippen molar-refractivity contribution in [3.05, 3.63) is 59.2 Å². The second kappa shape index (κ2) is 8.52. The monoisotopic (exact) mass is 395 g/mol. The van der Waals surface area contributed by atoms with Gasteiger partial charge in [-0.25, -0.2) is 0 Å². The van der Waals surface area contributed by atoms with E-state index in [1.54, 1.807) is 12.1 Å². The molecule has 5 nitrogen and oxygen atoms in total. The predicted molar refractivity (Wildman–Crippen MR) is 117 cm³/mol. The minimum Gasteiger partial charge on any atom is -0.332 e. The van der Waals surface area contributed by atoms with Crippen LogP contribution in [0.1, 0.15) is 54.1 Å². The lowest BCUT2D eigenvalue weighted by atomic mass is 10.0. The van der Waals surface area contributed by atoms with Crippen molar-refractivity contribution in [3.63, 3.8) is 0 Å². The first-order valence-corrected chi connectivity index (χ1v) is 9.88. The van der Waals surface area contributed by atoms with Crippen molar-refractivity contribution >= 4 is 40.5 Å². The molecule has 2 aromatic carbocycles. The summed E-state index contributed by atoms with van der Waals surface area (Å²) in [6, 6.07) is 13.1. The molecule has 2 amide bonds. The van der Waals surface area contributed by atoms with E-state index >= 15 is 0 Å². The summed E-state index contributed by atoms with van der Waals surface area (Å²) in [5.41, 5.74) is 4.16. The number of nitrogens with one attached hydrogen (secondary N) is 3. The molecule has 1 aliphatic carbocycles. The first-order chi connectivity index (χ1) is 13.3. The van der Waals surface area contributed by atoms with Gasteiger partial charge in [0.1, 0.15) is 0 Å². The summed E-state index contributed by atoms with van der Waals surface area (Å²) in [6.07, 6.45) is 1.91. The maximum Gasteiger partial charge on any atom is 0.257 e. The molecule has 0 bridgehead atoms. The SMILES string of the molecule is Cc1ccc(NC(=S)NC(=O)c2ccc(C(C)C)cc2)cc1NC(=O)C1CC1. The molecule has 0 saturated heterocycles. The highest BCUT2D eigenvalue weighted by Gasteiger charge is 2.29. The molecule has 146 valence electrons. The zero-order valence-corrected chi connectivity index (χ0v) is 17.2. The fourth-order valence-corrected chi connectivity index (χ4v) is 2.98. The second-order valence-corrected chi connectivity index (χ2v) is 7.89. The smallest absolute Gasteiger partial charge is 0.257 e. The largest absolute Gasteiger partial charge is 0.332 e. The van der Waals surface area contributed by atoms with Gasteiger partial charge in [0.25, 0.3) is 5.91 Å². The number of thiocarbonyl (C=S) groups is 1. The van der Waals surface area contributed by atoms with Crippen molar-refractivity contribution < 1.29 is 9.59 Å². The lowest BCUT2D eigenvalue weighted by molar-refractivity contribution is -0.117. The van der Waals surface area contributed by atoms with Gasteiger partial charge < -0.3 is 10.6 Å². The van der Waals surface area contributed by atoms with Crippen LogP contribution in [-0.2, 0) is 4.79 Å². The van der Waals surface area contributed by atoms with E-state index in [0.29, 0.717) is 17.2 Å². The van der Waals surface area contributed by atoms with Crippen molar-refractivity contribution in [2.24, 2.45) is 5.92 Å². The van der Waals surface area contributed by atoms with Crippen molar-refractivity contribution in [1.29, 1.82) is 0 Å². The molecule has 3 rings (SSSR count). The zero-order chi connectivity index (χ0) is 20.3. The summed E-state index contributed by atoms with van der Waals surface area (Å²) in [4.78, 5) is 24.4. The number of carbonyl (C=O) groups excluding carboxylic acids is 2. The van der Waals surface area contributed by atoms with Crippen LogP contribution in [-0.4, -0.2) is 16.9 Å². The van der Waals surface area contributed by atoms with Crippen LogP contribution in [0.15, 0.2) is 42.5 Å². The average Bonchev–Trinajstić information content (AvgIpc) is 3.49. The number of hydrogen-bond acceptors (Lipinski definition) is 3. The molecule has 0 aromatic heterocycles. The van der Waals surface area contributed by atoms with E-state index in [9.17, 15) is 9.59 Å². The number of hydrogen-bond donors (Lipinski definition) is 3. The highest BCUT2D eigenvalue weighted by atomic mass is 32.1. The van der Waals surface area contributed by atoms with Crippen molar-refractivity contribution in [3.8, 4) is 0 Å². The van der Waals surface area contributed by atoms with Gasteiger partial charge in [-0.1, -0.05) is 32.0 Å². The Bertz CT molecular complexity index is 902. The molecular weight excluding hydrogens is 370 g/mol. The Morgan fingerprint density at radius 3 is 2.32 bits per heavy atom. The lowest BCUT2D eigenvalue weighted by Gasteiger charge is -2.13. The van der Waals surface area contributed by atoms with Gasteiger partial charge in [-0.3, -0.25) is 14.9 Å². The summed E-state index contributed by atoms with van der Waals surface area (Å²) in [7, 11) is 0. The van der Waals surface area contributed by atoms with Gasteiger partial charge in [0, 0.05) is 22.9 Å². The van der Waals surface area contributed by atoms with Gasteiger partial charge in [0.15, 0.2) is 5.11 Å². The summed E-state index contributed by atoms with van der Waals surface area (Å²) in [5, 5.41) is 8.86. The van der Waals surface area contributed by atoms with Gasteiger partial charge in [0.2, 0.25) is 5.91 Å². The molecule has 0 heterocycles. The standard InChI is InChI=1S/C22H25N3O2S/c1-13(2)15-5-7-17(8-6-15)21(27)25-22(28)23-18-11-4-14(3)19(12-18)24-20(26)16-9-10-16/h4-8,11-13,16H,9-10H2,1-3H3,(H,24,26)(H2,23,25,27,28). The van der Waals surface area contributed by atoms with Crippen LogP contribution < -0.4 is 16.0 Å². The van der Waals surface area contributed by atoms with Crippen LogP contribution in [0, 0.1) is 12.8 Å². The quantitative estimate of drug-likeness (QED) is 0.648. The summed E-state index contributed by atoms with van der Waals surface area (Å²) < 4.78 is 0. The Labute approximate surface area is 170 Å². The maximum atomic E-state index is 12.4. The van der Waals surface area contributed by atoms with Gasteiger partial charge in [-0.15, -0.1) is 0 Å². The first kappa shape index (κ1) is 20.0. The van der Waals surface area contributed by atoms with E-state index in [1.165, 1.54) is 5.56 Å². The third-order valence-corrected chi connectivity index (χ3v) is 4.97. The van der Waals surface area contributed by atoms with Crippen LogP contribution in [0.5, 0.6) is 0 Å². The number of benzene rings is 2. The molecule has 1 saturated carbocycles. The normalized spacial score (nSPS) is 13.1. The molecule has 3 N–H and O–H groups in total. The minimum atomic E-state index is -0.262. The molecular formula is C22H25N3O2S. The Morgan fingerprint density at radius 1 is 1.04 bits per heavy atom. The molecule has 0 aliphatic heterocycles. The highest BCUT2D eigenvalue weighted by molar-refractivity contribution is 7.80. The molecule has 0 spiro atoms. The molecule has 1 fully saturated rings. The topological polar surface area (TPSA) is 70.2 Å². The Morgan fingerprint density at radius 2 is 1.71 bits per heavy atom. The Hall–Kier alpha value is -2.73. The van der Waals surface area contributed by atoms with Crippen LogP contribution in [0.2, 0.25) is 0 Å². The van der Waals surface area contributed by atoms with Crippen molar-refractivity contribution in [2.45, 2.75) is 39.5 Å². The molecule has 0 unspecified atom stereocenters. The maximum absolute atomic E-state index is 12.4. The van der Waals surface area contributed by atoms with Crippen molar-refractivity contribution in [1.82, 2.24) is 5.32 Å². The fourth-order valence-electron chi connectivity index (χ4n) is 2.77. The number of anilines is 2. The average molecular weight is 396 g/mol. The number of aryl methyl sites for hydroxylation is 1. The van der Waals surface area contributed by atoms with E-state index in [-0.39, 0.29) is 22.8 Å². The molecule has 1 aliphatic rings. The summed E-state index contributed by atoms with van der Waals surface area (Å²) >= 11 is 5.26. The van der Waals surface area contributed by atoms with E-state index in [1.807, 2.05) is 37.3 Å². The van der Waals surface area contributed by atoms with E-state index in [0.717, 1.165) is 24.1 Å². The highest BCUT2D eigenvalue weighted by Crippen LogP contribution is 2.31. The van der Waals surface area contributed by atoms with Gasteiger partial charge in [-0.05, 0) is 73.3 Å². The van der Waals surface area contributed by atoms with Gasteiger partial charge in [0.05, 0.1) is 0 Å². The van der Waals surface area contributed by atoms with Gasteiger partial charge >= 0.3 is 0 Å². The number of rotatable bonds is 5. The molecule has 28 heavy (non-hydrogen) atoms. The van der Waals surface area contributed by atoms with Crippen LogP contribution in [0.25, 0.3) is 0 Å². The molecule has 6 heteroatoms. The molecule has 0 radical (unpaired) electrons. The van der Waals surface area contributed by atoms with Crippen LogP contribution in [0.3, 0.4) is 0 Å². The van der Waals surface area contributed by atoms with Crippen LogP contribution in [0.4, 0.5) is 11.4 Å². The Kier molecular flexibility index (Phi) is 6.09. The van der Waals surface area contributed by atoms with Gasteiger partial charge in [-0.2, -0.15) is 0 Å². The number of amides is 2. The van der Waals surface area contributed by atoms with Crippen molar-refractivity contribution in [2.75, 3.05) is 10.6 Å². The van der Waals surface area contributed by atoms with Crippen LogP contribution >= 0.6 is 12.2 Å².